The Balaban J connectivity index is 2.02. The van der Waals surface area contributed by atoms with Gasteiger partial charge in [0.15, 0.2) is 11.6 Å². The van der Waals surface area contributed by atoms with Gasteiger partial charge in [-0.3, -0.25) is 4.57 Å². The normalized spacial score (nSPS) is 10.6. The van der Waals surface area contributed by atoms with E-state index in [1.165, 1.54) is 4.57 Å². The quantitative estimate of drug-likeness (QED) is 0.711. The molecule has 6 nitrogen and oxygen atoms in total. The van der Waals surface area contributed by atoms with Crippen molar-refractivity contribution in [2.24, 2.45) is 7.05 Å². The lowest BCUT2D eigenvalue weighted by Crippen LogP contribution is -2.11. The molecule has 110 valence electrons. The minimum absolute atomic E-state index is 0.0347. The lowest BCUT2D eigenvalue weighted by Gasteiger charge is -2.08. The summed E-state index contributed by atoms with van der Waals surface area (Å²) in [5.74, 6) is -0.788. The third kappa shape index (κ3) is 2.29. The molecule has 8 heteroatoms. The van der Waals surface area contributed by atoms with E-state index in [9.17, 15) is 9.18 Å². The molecule has 22 heavy (non-hydrogen) atoms. The van der Waals surface area contributed by atoms with Crippen molar-refractivity contribution in [2.75, 3.05) is 5.32 Å². The molecule has 0 radical (unpaired) electrons. The number of nitriles is 1. The van der Waals surface area contributed by atoms with Crippen LogP contribution in [0.2, 0.25) is 5.15 Å². The second-order valence-corrected chi connectivity index (χ2v) is 4.97. The van der Waals surface area contributed by atoms with Crippen molar-refractivity contribution in [3.8, 4) is 6.07 Å². The Morgan fingerprint density at radius 1 is 1.45 bits per heavy atom. The van der Waals surface area contributed by atoms with E-state index in [2.05, 4.69) is 15.3 Å². The monoisotopic (exact) mass is 317 g/mol. The summed E-state index contributed by atoms with van der Waals surface area (Å²) >= 11 is 5.80. The average molecular weight is 318 g/mol. The molecule has 0 aliphatic heterocycles. The molecule has 3 aromatic rings. The first kappa shape index (κ1) is 14.1. The van der Waals surface area contributed by atoms with E-state index in [1.54, 1.807) is 31.3 Å². The second-order valence-electron chi connectivity index (χ2n) is 4.62. The number of hydrogen-bond donors (Lipinski definition) is 2. The molecule has 0 spiro atoms. The van der Waals surface area contributed by atoms with E-state index in [-0.39, 0.29) is 22.2 Å². The Kier molecular flexibility index (Phi) is 3.31. The number of imidazole rings is 1. The molecular formula is C14H9ClFN5O. The fourth-order valence-electron chi connectivity index (χ4n) is 2.08. The van der Waals surface area contributed by atoms with Gasteiger partial charge in [-0.05, 0) is 24.3 Å². The van der Waals surface area contributed by atoms with Crippen molar-refractivity contribution >= 4 is 34.1 Å². The minimum atomic E-state index is -0.692. The number of aryl methyl sites for hydroxylation is 1. The number of aromatic nitrogens is 3. The summed E-state index contributed by atoms with van der Waals surface area (Å²) < 4.78 is 15.4. The molecule has 2 heterocycles. The number of aromatic amines is 1. The highest BCUT2D eigenvalue weighted by atomic mass is 35.5. The predicted octanol–water partition coefficient (Wildman–Crippen LogP) is 2.67. The molecule has 0 unspecified atom stereocenters. The van der Waals surface area contributed by atoms with E-state index < -0.39 is 5.82 Å². The molecule has 0 saturated heterocycles. The fraction of sp³-hybridized carbons (Fsp3) is 0.0714. The Hall–Kier alpha value is -2.85. The summed E-state index contributed by atoms with van der Waals surface area (Å²) in [5, 5.41) is 11.5. The topological polar surface area (TPSA) is 86.5 Å². The highest BCUT2D eigenvalue weighted by molar-refractivity contribution is 6.30. The third-order valence-electron chi connectivity index (χ3n) is 3.22. The van der Waals surface area contributed by atoms with Crippen molar-refractivity contribution in [1.82, 2.24) is 14.5 Å². The average Bonchev–Trinajstić information content (AvgIpc) is 2.77. The smallest absolute Gasteiger partial charge is 0.326 e. The summed E-state index contributed by atoms with van der Waals surface area (Å²) in [5.41, 5.74) is 1.59. The second kappa shape index (κ2) is 5.16. The number of fused-ring (bicyclic) bond motifs is 1. The summed E-state index contributed by atoms with van der Waals surface area (Å²) in [6, 6.07) is 7.83. The maximum Gasteiger partial charge on any atom is 0.326 e. The summed E-state index contributed by atoms with van der Waals surface area (Å²) in [6.07, 6.45) is 0. The Labute approximate surface area is 128 Å². The Morgan fingerprint density at radius 3 is 2.95 bits per heavy atom. The predicted molar refractivity (Wildman–Crippen MR) is 80.7 cm³/mol. The van der Waals surface area contributed by atoms with Gasteiger partial charge in [-0.2, -0.15) is 5.26 Å². The number of anilines is 2. The lowest BCUT2D eigenvalue weighted by molar-refractivity contribution is 0.626. The SMILES string of the molecule is Cn1c(=O)[nH]c2cc(Nc3nc(Cl)c(C#N)cc3F)ccc21. The van der Waals surface area contributed by atoms with Gasteiger partial charge in [-0.25, -0.2) is 14.2 Å². The molecule has 0 fully saturated rings. The number of halogens is 2. The molecule has 0 amide bonds. The van der Waals surface area contributed by atoms with Gasteiger partial charge in [0, 0.05) is 12.7 Å². The number of pyridine rings is 1. The van der Waals surface area contributed by atoms with E-state index in [0.717, 1.165) is 11.6 Å². The van der Waals surface area contributed by atoms with Gasteiger partial charge < -0.3 is 10.3 Å². The molecule has 1 aromatic carbocycles. The first-order chi connectivity index (χ1) is 10.5. The molecule has 0 saturated carbocycles. The van der Waals surface area contributed by atoms with Gasteiger partial charge in [0.1, 0.15) is 11.2 Å². The third-order valence-corrected chi connectivity index (χ3v) is 3.50. The van der Waals surface area contributed by atoms with Crippen molar-refractivity contribution in [1.29, 1.82) is 5.26 Å². The van der Waals surface area contributed by atoms with Gasteiger partial charge in [0.05, 0.1) is 16.6 Å². The molecule has 3 rings (SSSR count). The zero-order valence-electron chi connectivity index (χ0n) is 11.3. The first-order valence-electron chi connectivity index (χ1n) is 6.21. The lowest BCUT2D eigenvalue weighted by atomic mass is 10.2. The van der Waals surface area contributed by atoms with Crippen molar-refractivity contribution in [3.05, 3.63) is 51.3 Å². The molecule has 0 aliphatic carbocycles. The number of nitrogens with zero attached hydrogens (tertiary/aromatic N) is 3. The van der Waals surface area contributed by atoms with Crippen LogP contribution in [0.5, 0.6) is 0 Å². The summed E-state index contributed by atoms with van der Waals surface area (Å²) in [4.78, 5) is 18.0. The highest BCUT2D eigenvalue weighted by Gasteiger charge is 2.11. The van der Waals surface area contributed by atoms with Crippen LogP contribution < -0.4 is 11.0 Å². The fourth-order valence-corrected chi connectivity index (χ4v) is 2.27. The van der Waals surface area contributed by atoms with E-state index in [1.807, 2.05) is 0 Å². The zero-order chi connectivity index (χ0) is 15.9. The maximum atomic E-state index is 13.9. The van der Waals surface area contributed by atoms with E-state index in [0.29, 0.717) is 11.2 Å². The molecule has 0 atom stereocenters. The maximum absolute atomic E-state index is 13.9. The van der Waals surface area contributed by atoms with Crippen LogP contribution in [0.3, 0.4) is 0 Å². The number of H-pyrrole nitrogens is 1. The van der Waals surface area contributed by atoms with Gasteiger partial charge in [-0.1, -0.05) is 11.6 Å². The van der Waals surface area contributed by atoms with Crippen molar-refractivity contribution in [2.45, 2.75) is 0 Å². The zero-order valence-corrected chi connectivity index (χ0v) is 12.1. The molecular weight excluding hydrogens is 309 g/mol. The van der Waals surface area contributed by atoms with Crippen LogP contribution in [0.25, 0.3) is 11.0 Å². The molecule has 2 aromatic heterocycles. The van der Waals surface area contributed by atoms with E-state index >= 15 is 0 Å². The highest BCUT2D eigenvalue weighted by Crippen LogP contribution is 2.24. The summed E-state index contributed by atoms with van der Waals surface area (Å²) in [7, 11) is 1.65. The largest absolute Gasteiger partial charge is 0.338 e. The minimum Gasteiger partial charge on any atom is -0.338 e. The van der Waals surface area contributed by atoms with Crippen molar-refractivity contribution in [3.63, 3.8) is 0 Å². The van der Waals surface area contributed by atoms with Gasteiger partial charge >= 0.3 is 5.69 Å². The Bertz CT molecular complexity index is 985. The number of hydrogen-bond acceptors (Lipinski definition) is 4. The number of benzene rings is 1. The first-order valence-corrected chi connectivity index (χ1v) is 6.59. The van der Waals surface area contributed by atoms with Crippen LogP contribution in [0.1, 0.15) is 5.56 Å². The van der Waals surface area contributed by atoms with Crippen LogP contribution >= 0.6 is 11.6 Å². The van der Waals surface area contributed by atoms with Gasteiger partial charge in [0.2, 0.25) is 0 Å². The van der Waals surface area contributed by atoms with Crippen LogP contribution in [0.15, 0.2) is 29.1 Å². The van der Waals surface area contributed by atoms with Gasteiger partial charge in [-0.15, -0.1) is 0 Å². The van der Waals surface area contributed by atoms with Crippen LogP contribution in [-0.2, 0) is 7.05 Å². The number of rotatable bonds is 2. The Morgan fingerprint density at radius 2 is 2.23 bits per heavy atom. The number of nitrogens with one attached hydrogen (secondary N) is 2. The standard InChI is InChI=1S/C14H9ClFN5O/c1-21-11-3-2-8(5-10(11)19-14(21)22)18-13-9(16)4-7(6-17)12(15)20-13/h2-5H,1H3,(H,18,20)(H,19,22). The summed E-state index contributed by atoms with van der Waals surface area (Å²) in [6.45, 7) is 0. The van der Waals surface area contributed by atoms with Crippen molar-refractivity contribution < 1.29 is 4.39 Å². The molecule has 0 aliphatic rings. The van der Waals surface area contributed by atoms with Crippen LogP contribution in [0, 0.1) is 17.1 Å². The molecule has 0 bridgehead atoms. The van der Waals surface area contributed by atoms with E-state index in [4.69, 9.17) is 16.9 Å². The van der Waals surface area contributed by atoms with Gasteiger partial charge in [0.25, 0.3) is 0 Å². The van der Waals surface area contributed by atoms with Crippen LogP contribution in [0.4, 0.5) is 15.9 Å². The molecule has 2 N–H and O–H groups in total. The van der Waals surface area contributed by atoms with Crippen LogP contribution in [-0.4, -0.2) is 14.5 Å².